The quantitative estimate of drug-likeness (QED) is 0.845. The van der Waals surface area contributed by atoms with E-state index in [1.54, 1.807) is 13.8 Å². The van der Waals surface area contributed by atoms with Crippen LogP contribution in [-0.4, -0.2) is 24.0 Å². The first-order valence-corrected chi connectivity index (χ1v) is 6.90. The molecule has 0 aliphatic carbocycles. The van der Waals surface area contributed by atoms with E-state index in [0.29, 0.717) is 6.42 Å². The summed E-state index contributed by atoms with van der Waals surface area (Å²) in [4.78, 5) is 23.1. The van der Waals surface area contributed by atoms with E-state index in [1.807, 2.05) is 24.3 Å². The molecule has 1 aromatic rings. The zero-order valence-corrected chi connectivity index (χ0v) is 12.9. The molecule has 0 bridgehead atoms. The van der Waals surface area contributed by atoms with E-state index in [2.05, 4.69) is 21.2 Å². The molecule has 0 aliphatic rings. The van der Waals surface area contributed by atoms with Crippen LogP contribution in [0.25, 0.3) is 0 Å². The molecule has 19 heavy (non-hydrogen) atoms. The van der Waals surface area contributed by atoms with Gasteiger partial charge in [-0.3, -0.25) is 4.79 Å². The average Bonchev–Trinajstić information content (AvgIpc) is 2.29. The number of hydrogen-bond acceptors (Lipinski definition) is 3. The molecule has 0 aliphatic heterocycles. The minimum Gasteiger partial charge on any atom is -0.461 e. The van der Waals surface area contributed by atoms with Crippen molar-refractivity contribution in [1.29, 1.82) is 0 Å². The van der Waals surface area contributed by atoms with Crippen LogP contribution in [0.1, 0.15) is 26.3 Å². The number of carbonyl (C=O) groups is 2. The number of rotatable bonds is 5. The topological polar surface area (TPSA) is 55.4 Å². The highest BCUT2D eigenvalue weighted by atomic mass is 79.9. The number of ether oxygens (including phenoxy) is 1. The third-order valence-electron chi connectivity index (χ3n) is 2.37. The molecule has 104 valence electrons. The van der Waals surface area contributed by atoms with Crippen molar-refractivity contribution in [1.82, 2.24) is 5.32 Å². The number of amides is 1. The molecule has 0 radical (unpaired) electrons. The highest BCUT2D eigenvalue weighted by molar-refractivity contribution is 9.10. The molecule has 0 saturated carbocycles. The number of hydrogen-bond donors (Lipinski definition) is 1. The van der Waals surface area contributed by atoms with Crippen LogP contribution in [0.4, 0.5) is 0 Å². The van der Waals surface area contributed by atoms with Gasteiger partial charge >= 0.3 is 5.97 Å². The van der Waals surface area contributed by atoms with Gasteiger partial charge in [0.1, 0.15) is 6.04 Å². The Labute approximate surface area is 121 Å². The van der Waals surface area contributed by atoms with Gasteiger partial charge in [0, 0.05) is 17.8 Å². The second kappa shape index (κ2) is 7.28. The summed E-state index contributed by atoms with van der Waals surface area (Å²) in [5.41, 5.74) is 0.961. The maximum absolute atomic E-state index is 11.9. The number of esters is 1. The van der Waals surface area contributed by atoms with Crippen molar-refractivity contribution in [2.75, 3.05) is 0 Å². The van der Waals surface area contributed by atoms with Crippen LogP contribution < -0.4 is 5.32 Å². The lowest BCUT2D eigenvalue weighted by molar-refractivity contribution is -0.151. The van der Waals surface area contributed by atoms with Gasteiger partial charge in [0.05, 0.1) is 6.10 Å². The number of carbonyl (C=O) groups excluding carboxylic acids is 2. The summed E-state index contributed by atoms with van der Waals surface area (Å²) in [6.45, 7) is 4.95. The Morgan fingerprint density at radius 1 is 1.26 bits per heavy atom. The van der Waals surface area contributed by atoms with Gasteiger partial charge in [-0.15, -0.1) is 0 Å². The zero-order valence-electron chi connectivity index (χ0n) is 11.3. The van der Waals surface area contributed by atoms with E-state index in [0.717, 1.165) is 10.0 Å². The summed E-state index contributed by atoms with van der Waals surface area (Å²) in [6.07, 6.45) is 0.215. The van der Waals surface area contributed by atoms with Crippen LogP contribution in [0.3, 0.4) is 0 Å². The normalized spacial score (nSPS) is 12.1. The van der Waals surface area contributed by atoms with Gasteiger partial charge in [0.2, 0.25) is 5.91 Å². The van der Waals surface area contributed by atoms with Crippen molar-refractivity contribution in [3.8, 4) is 0 Å². The molecule has 1 aromatic carbocycles. The lowest BCUT2D eigenvalue weighted by atomic mass is 10.1. The molecular formula is C14H18BrNO3. The molecule has 0 spiro atoms. The van der Waals surface area contributed by atoms with Crippen molar-refractivity contribution >= 4 is 27.8 Å². The number of nitrogens with one attached hydrogen (secondary N) is 1. The maximum atomic E-state index is 11.9. The van der Waals surface area contributed by atoms with E-state index in [4.69, 9.17) is 4.74 Å². The third-order valence-corrected chi connectivity index (χ3v) is 2.90. The first kappa shape index (κ1) is 15.7. The SMILES string of the molecule is CC(=O)N[C@@H](Cc1ccc(Br)cc1)C(=O)OC(C)C. The van der Waals surface area contributed by atoms with Gasteiger partial charge in [-0.05, 0) is 31.5 Å². The van der Waals surface area contributed by atoms with E-state index in [-0.39, 0.29) is 12.0 Å². The fraction of sp³-hybridized carbons (Fsp3) is 0.429. The molecule has 0 unspecified atom stereocenters. The summed E-state index contributed by atoms with van der Waals surface area (Å²) < 4.78 is 6.12. The lowest BCUT2D eigenvalue weighted by Crippen LogP contribution is -2.43. The van der Waals surface area contributed by atoms with Crippen LogP contribution in [0.15, 0.2) is 28.7 Å². The predicted octanol–water partition coefficient (Wildman–Crippen LogP) is 2.45. The highest BCUT2D eigenvalue weighted by Crippen LogP contribution is 2.12. The fourth-order valence-corrected chi connectivity index (χ4v) is 1.87. The summed E-state index contributed by atoms with van der Waals surface area (Å²) in [7, 11) is 0. The average molecular weight is 328 g/mol. The molecule has 1 N–H and O–H groups in total. The number of benzene rings is 1. The first-order valence-electron chi connectivity index (χ1n) is 6.10. The minimum absolute atomic E-state index is 0.200. The van der Waals surface area contributed by atoms with E-state index in [1.165, 1.54) is 6.92 Å². The first-order chi connectivity index (χ1) is 8.88. The van der Waals surface area contributed by atoms with Gasteiger partial charge in [0.15, 0.2) is 0 Å². The Kier molecular flexibility index (Phi) is 6.02. The van der Waals surface area contributed by atoms with Crippen LogP contribution in [-0.2, 0) is 20.7 Å². The summed E-state index contributed by atoms with van der Waals surface area (Å²) in [6, 6.07) is 6.95. The Morgan fingerprint density at radius 2 is 1.84 bits per heavy atom. The van der Waals surface area contributed by atoms with E-state index < -0.39 is 12.0 Å². The van der Waals surface area contributed by atoms with E-state index in [9.17, 15) is 9.59 Å². The van der Waals surface area contributed by atoms with Crippen molar-refractivity contribution in [3.63, 3.8) is 0 Å². The van der Waals surface area contributed by atoms with Crippen LogP contribution >= 0.6 is 15.9 Å². The van der Waals surface area contributed by atoms with Gasteiger partial charge < -0.3 is 10.1 Å². The molecule has 4 nitrogen and oxygen atoms in total. The Bertz CT molecular complexity index is 443. The highest BCUT2D eigenvalue weighted by Gasteiger charge is 2.22. The molecule has 1 rings (SSSR count). The molecule has 0 aromatic heterocycles. The summed E-state index contributed by atoms with van der Waals surface area (Å²) in [5, 5.41) is 2.62. The second-order valence-corrected chi connectivity index (χ2v) is 5.49. The molecule has 5 heteroatoms. The van der Waals surface area contributed by atoms with Crippen LogP contribution in [0, 0.1) is 0 Å². The van der Waals surface area contributed by atoms with Gasteiger partial charge in [0.25, 0.3) is 0 Å². The Balaban J connectivity index is 2.76. The molecule has 0 saturated heterocycles. The molecule has 1 atom stereocenters. The van der Waals surface area contributed by atoms with Crippen molar-refractivity contribution < 1.29 is 14.3 Å². The monoisotopic (exact) mass is 327 g/mol. The lowest BCUT2D eigenvalue weighted by Gasteiger charge is -2.18. The third kappa shape index (κ3) is 5.87. The van der Waals surface area contributed by atoms with Crippen molar-refractivity contribution in [2.45, 2.75) is 39.3 Å². The van der Waals surface area contributed by atoms with Gasteiger partial charge in [-0.25, -0.2) is 4.79 Å². The Hall–Kier alpha value is -1.36. The fourth-order valence-electron chi connectivity index (χ4n) is 1.61. The minimum atomic E-state index is -0.652. The zero-order chi connectivity index (χ0) is 14.4. The predicted molar refractivity (Wildman–Crippen MR) is 76.7 cm³/mol. The standard InChI is InChI=1S/C14H18BrNO3/c1-9(2)19-14(18)13(16-10(3)17)8-11-4-6-12(15)7-5-11/h4-7,9,13H,8H2,1-3H3,(H,16,17)/t13-/m0/s1. The smallest absolute Gasteiger partial charge is 0.329 e. The van der Waals surface area contributed by atoms with Crippen molar-refractivity contribution in [3.05, 3.63) is 34.3 Å². The van der Waals surface area contributed by atoms with Crippen molar-refractivity contribution in [2.24, 2.45) is 0 Å². The van der Waals surface area contributed by atoms with Crippen LogP contribution in [0.2, 0.25) is 0 Å². The second-order valence-electron chi connectivity index (χ2n) is 4.57. The van der Waals surface area contributed by atoms with Crippen LogP contribution in [0.5, 0.6) is 0 Å². The summed E-state index contributed by atoms with van der Waals surface area (Å²) >= 11 is 3.35. The Morgan fingerprint density at radius 3 is 2.32 bits per heavy atom. The maximum Gasteiger partial charge on any atom is 0.329 e. The van der Waals surface area contributed by atoms with Gasteiger partial charge in [-0.1, -0.05) is 28.1 Å². The molecule has 0 fully saturated rings. The molecular weight excluding hydrogens is 310 g/mol. The summed E-state index contributed by atoms with van der Waals surface area (Å²) in [5.74, 6) is -0.657. The largest absolute Gasteiger partial charge is 0.461 e. The van der Waals surface area contributed by atoms with E-state index >= 15 is 0 Å². The van der Waals surface area contributed by atoms with Gasteiger partial charge in [-0.2, -0.15) is 0 Å². The molecule has 0 heterocycles. The number of halogens is 1. The molecule has 1 amide bonds.